The molecule has 0 fully saturated rings. The van der Waals surface area contributed by atoms with Gasteiger partial charge in [-0.1, -0.05) is 5.92 Å². The van der Waals surface area contributed by atoms with Crippen molar-refractivity contribution in [3.63, 3.8) is 0 Å². The number of hydrogen-bond donors (Lipinski definition) is 0. The summed E-state index contributed by atoms with van der Waals surface area (Å²) in [6, 6.07) is 1.91. The SMILES string of the molecule is CC#CCC(=O)c1cnc(C)cc1C. The van der Waals surface area contributed by atoms with Gasteiger partial charge in [-0.25, -0.2) is 0 Å². The molecule has 0 bridgehead atoms. The van der Waals surface area contributed by atoms with Crippen LogP contribution in [0.1, 0.15) is 35.0 Å². The molecule has 0 radical (unpaired) electrons. The van der Waals surface area contributed by atoms with E-state index in [9.17, 15) is 4.79 Å². The van der Waals surface area contributed by atoms with E-state index in [4.69, 9.17) is 0 Å². The van der Waals surface area contributed by atoms with E-state index in [1.165, 1.54) is 0 Å². The summed E-state index contributed by atoms with van der Waals surface area (Å²) in [4.78, 5) is 15.7. The third kappa shape index (κ3) is 2.43. The summed E-state index contributed by atoms with van der Waals surface area (Å²) in [6.45, 7) is 5.56. The molecule has 0 aliphatic rings. The lowest BCUT2D eigenvalue weighted by Crippen LogP contribution is -2.02. The van der Waals surface area contributed by atoms with Gasteiger partial charge in [0.1, 0.15) is 0 Å². The van der Waals surface area contributed by atoms with E-state index in [0.29, 0.717) is 5.56 Å². The smallest absolute Gasteiger partial charge is 0.176 e. The molecule has 0 aliphatic carbocycles. The van der Waals surface area contributed by atoms with Gasteiger partial charge < -0.3 is 0 Å². The predicted octanol–water partition coefficient (Wildman–Crippen LogP) is 2.29. The minimum atomic E-state index is 0.0457. The highest BCUT2D eigenvalue weighted by molar-refractivity contribution is 5.98. The second-order valence-electron chi connectivity index (χ2n) is 3.17. The summed E-state index contributed by atoms with van der Waals surface area (Å²) in [5.41, 5.74) is 2.58. The van der Waals surface area contributed by atoms with Crippen LogP contribution in [0, 0.1) is 25.7 Å². The van der Waals surface area contributed by atoms with Crippen molar-refractivity contribution in [3.8, 4) is 11.8 Å². The third-order valence-corrected chi connectivity index (χ3v) is 1.97. The Morgan fingerprint density at radius 1 is 1.50 bits per heavy atom. The van der Waals surface area contributed by atoms with E-state index in [1.54, 1.807) is 13.1 Å². The Bertz CT molecular complexity index is 410. The van der Waals surface area contributed by atoms with Crippen LogP contribution in [-0.2, 0) is 0 Å². The predicted molar refractivity (Wildman–Crippen MR) is 56.1 cm³/mol. The Kier molecular flexibility index (Phi) is 3.41. The largest absolute Gasteiger partial charge is 0.293 e. The molecule has 0 spiro atoms. The molecule has 0 N–H and O–H groups in total. The molecular weight excluding hydrogens is 174 g/mol. The van der Waals surface area contributed by atoms with Crippen LogP contribution in [0.5, 0.6) is 0 Å². The molecule has 0 aromatic carbocycles. The van der Waals surface area contributed by atoms with Crippen LogP contribution in [0.3, 0.4) is 0 Å². The van der Waals surface area contributed by atoms with Crippen molar-refractivity contribution >= 4 is 5.78 Å². The molecule has 2 heteroatoms. The number of rotatable bonds is 2. The molecule has 1 heterocycles. The second kappa shape index (κ2) is 4.57. The monoisotopic (exact) mass is 187 g/mol. The van der Waals surface area contributed by atoms with E-state index in [0.717, 1.165) is 11.3 Å². The van der Waals surface area contributed by atoms with Crippen molar-refractivity contribution in [2.75, 3.05) is 0 Å². The Hall–Kier alpha value is -1.62. The van der Waals surface area contributed by atoms with Crippen LogP contribution in [0.4, 0.5) is 0 Å². The lowest BCUT2D eigenvalue weighted by molar-refractivity contribution is 0.0997. The standard InChI is InChI=1S/C12H13NO/c1-4-5-6-12(14)11-8-13-10(3)7-9(11)2/h7-8H,6H2,1-3H3. The van der Waals surface area contributed by atoms with Crippen molar-refractivity contribution in [3.05, 3.63) is 29.1 Å². The number of ketones is 1. The molecule has 0 saturated carbocycles. The van der Waals surface area contributed by atoms with Crippen LogP contribution in [0.15, 0.2) is 12.3 Å². The van der Waals surface area contributed by atoms with E-state index >= 15 is 0 Å². The molecule has 1 rings (SSSR count). The van der Waals surface area contributed by atoms with E-state index < -0.39 is 0 Å². The average Bonchev–Trinajstić information content (AvgIpc) is 2.14. The number of aromatic nitrogens is 1. The molecule has 0 aliphatic heterocycles. The quantitative estimate of drug-likeness (QED) is 0.525. The summed E-state index contributed by atoms with van der Waals surface area (Å²) >= 11 is 0. The van der Waals surface area contributed by atoms with Crippen LogP contribution in [-0.4, -0.2) is 10.8 Å². The van der Waals surface area contributed by atoms with Gasteiger partial charge in [0.2, 0.25) is 0 Å². The minimum Gasteiger partial charge on any atom is -0.293 e. The molecule has 1 aromatic rings. The number of hydrogen-bond acceptors (Lipinski definition) is 2. The van der Waals surface area contributed by atoms with Gasteiger partial charge in [0.25, 0.3) is 0 Å². The van der Waals surface area contributed by atoms with Gasteiger partial charge in [-0.2, -0.15) is 0 Å². The number of pyridine rings is 1. The van der Waals surface area contributed by atoms with E-state index in [1.807, 2.05) is 19.9 Å². The Balaban J connectivity index is 2.94. The highest BCUT2D eigenvalue weighted by Crippen LogP contribution is 2.09. The van der Waals surface area contributed by atoms with Crippen molar-refractivity contribution in [2.45, 2.75) is 27.2 Å². The van der Waals surface area contributed by atoms with Crippen molar-refractivity contribution < 1.29 is 4.79 Å². The second-order valence-corrected chi connectivity index (χ2v) is 3.17. The van der Waals surface area contributed by atoms with Gasteiger partial charge in [0.05, 0.1) is 6.42 Å². The summed E-state index contributed by atoms with van der Waals surface area (Å²) in [5, 5.41) is 0. The summed E-state index contributed by atoms with van der Waals surface area (Å²) in [5.74, 6) is 5.51. The average molecular weight is 187 g/mol. The molecule has 2 nitrogen and oxygen atoms in total. The van der Waals surface area contributed by atoms with Gasteiger partial charge in [-0.3, -0.25) is 9.78 Å². The molecule has 0 atom stereocenters. The van der Waals surface area contributed by atoms with Crippen LogP contribution in [0.2, 0.25) is 0 Å². The summed E-state index contributed by atoms with van der Waals surface area (Å²) < 4.78 is 0. The molecule has 0 saturated heterocycles. The topological polar surface area (TPSA) is 30.0 Å². The molecule has 0 amide bonds. The van der Waals surface area contributed by atoms with Crippen molar-refractivity contribution in [1.82, 2.24) is 4.98 Å². The molecule has 72 valence electrons. The summed E-state index contributed by atoms with van der Waals surface area (Å²) in [6.07, 6.45) is 1.91. The van der Waals surface area contributed by atoms with Crippen LogP contribution >= 0.6 is 0 Å². The maximum Gasteiger partial charge on any atom is 0.176 e. The number of Topliss-reactive ketones (excluding diaryl/α,β-unsaturated/α-hetero) is 1. The number of aryl methyl sites for hydroxylation is 2. The number of carbonyl (C=O) groups is 1. The van der Waals surface area contributed by atoms with Gasteiger partial charge >= 0.3 is 0 Å². The highest BCUT2D eigenvalue weighted by Gasteiger charge is 2.07. The Labute approximate surface area is 84.4 Å². The maximum atomic E-state index is 11.6. The van der Waals surface area contributed by atoms with E-state index in [2.05, 4.69) is 16.8 Å². The zero-order valence-electron chi connectivity index (χ0n) is 8.72. The Morgan fingerprint density at radius 3 is 2.79 bits per heavy atom. The molecule has 14 heavy (non-hydrogen) atoms. The van der Waals surface area contributed by atoms with Gasteiger partial charge in [0, 0.05) is 17.5 Å². The fourth-order valence-electron chi connectivity index (χ4n) is 1.25. The fourth-order valence-corrected chi connectivity index (χ4v) is 1.25. The minimum absolute atomic E-state index is 0.0457. The van der Waals surface area contributed by atoms with Gasteiger partial charge in [0.15, 0.2) is 5.78 Å². The van der Waals surface area contributed by atoms with Crippen molar-refractivity contribution in [1.29, 1.82) is 0 Å². The fraction of sp³-hybridized carbons (Fsp3) is 0.333. The first-order chi connectivity index (χ1) is 6.65. The lowest BCUT2D eigenvalue weighted by atomic mass is 10.0. The highest BCUT2D eigenvalue weighted by atomic mass is 16.1. The van der Waals surface area contributed by atoms with E-state index in [-0.39, 0.29) is 12.2 Å². The third-order valence-electron chi connectivity index (χ3n) is 1.97. The van der Waals surface area contributed by atoms with Gasteiger partial charge in [-0.05, 0) is 32.4 Å². The number of nitrogens with zero attached hydrogens (tertiary/aromatic N) is 1. The lowest BCUT2D eigenvalue weighted by Gasteiger charge is -2.02. The number of carbonyl (C=O) groups excluding carboxylic acids is 1. The normalized spacial score (nSPS) is 9.07. The Morgan fingerprint density at radius 2 is 2.21 bits per heavy atom. The van der Waals surface area contributed by atoms with Crippen LogP contribution in [0.25, 0.3) is 0 Å². The maximum absolute atomic E-state index is 11.6. The zero-order chi connectivity index (χ0) is 10.6. The molecule has 0 unspecified atom stereocenters. The zero-order valence-corrected chi connectivity index (χ0v) is 8.72. The van der Waals surface area contributed by atoms with Crippen LogP contribution < -0.4 is 0 Å². The summed E-state index contributed by atoms with van der Waals surface area (Å²) in [7, 11) is 0. The molecule has 1 aromatic heterocycles. The van der Waals surface area contributed by atoms with Gasteiger partial charge in [-0.15, -0.1) is 5.92 Å². The molecular formula is C12H13NO. The first-order valence-corrected chi connectivity index (χ1v) is 4.51. The first kappa shape index (κ1) is 10.5. The first-order valence-electron chi connectivity index (χ1n) is 4.51. The van der Waals surface area contributed by atoms with Crippen molar-refractivity contribution in [2.24, 2.45) is 0 Å².